The van der Waals surface area contributed by atoms with Crippen LogP contribution in [-0.4, -0.2) is 29.2 Å². The van der Waals surface area contributed by atoms with Gasteiger partial charge in [0.25, 0.3) is 5.56 Å². The zero-order chi connectivity index (χ0) is 25.1. The van der Waals surface area contributed by atoms with Gasteiger partial charge in [0.05, 0.1) is 0 Å². The lowest BCUT2D eigenvalue weighted by molar-refractivity contribution is 0.280. The molecule has 1 fully saturated rings. The molecule has 0 atom stereocenters. The van der Waals surface area contributed by atoms with Crippen molar-refractivity contribution in [3.63, 3.8) is 0 Å². The van der Waals surface area contributed by atoms with E-state index < -0.39 is 0 Å². The highest BCUT2D eigenvalue weighted by Gasteiger charge is 2.22. The number of hydrogen-bond acceptors (Lipinski definition) is 7. The lowest BCUT2D eigenvalue weighted by atomic mass is 9.89. The quantitative estimate of drug-likeness (QED) is 0.368. The molecule has 0 radical (unpaired) electrons. The standard InChI is InChI=1S/C26H32N6O4/c1-3-14-31-23-21(25(33)32(15-4-2)26(31)34)28-22(29-23)17-10-12-19(13-11-17)35-16-20-27-24(36-30-20)18-8-6-5-7-9-18/h10-13,18H,3-9,14-16H2,1-2H3,(H,28,29). The number of aromatic amines is 1. The van der Waals surface area contributed by atoms with Crippen LogP contribution in [0.2, 0.25) is 0 Å². The fourth-order valence-corrected chi connectivity index (χ4v) is 4.85. The van der Waals surface area contributed by atoms with E-state index in [4.69, 9.17) is 9.26 Å². The molecule has 1 saturated carbocycles. The second-order valence-corrected chi connectivity index (χ2v) is 9.37. The monoisotopic (exact) mass is 492 g/mol. The van der Waals surface area contributed by atoms with Crippen LogP contribution in [0.3, 0.4) is 0 Å². The molecular weight excluding hydrogens is 460 g/mol. The van der Waals surface area contributed by atoms with Crippen molar-refractivity contribution in [3.8, 4) is 17.1 Å². The number of hydrogen-bond donors (Lipinski definition) is 1. The first-order valence-electron chi connectivity index (χ1n) is 12.9. The fraction of sp³-hybridized carbons (Fsp3) is 0.500. The second-order valence-electron chi connectivity index (χ2n) is 9.37. The van der Waals surface area contributed by atoms with Gasteiger partial charge in [0.2, 0.25) is 11.7 Å². The van der Waals surface area contributed by atoms with Gasteiger partial charge < -0.3 is 14.2 Å². The number of aromatic nitrogens is 6. The van der Waals surface area contributed by atoms with Crippen molar-refractivity contribution in [2.24, 2.45) is 0 Å². The molecule has 3 heterocycles. The number of imidazole rings is 1. The van der Waals surface area contributed by atoms with Crippen molar-refractivity contribution >= 4 is 11.2 Å². The summed E-state index contributed by atoms with van der Waals surface area (Å²) >= 11 is 0. The molecule has 0 amide bonds. The van der Waals surface area contributed by atoms with E-state index >= 15 is 0 Å². The van der Waals surface area contributed by atoms with Crippen LogP contribution in [0.4, 0.5) is 0 Å². The summed E-state index contributed by atoms with van der Waals surface area (Å²) in [6.45, 7) is 5.03. The van der Waals surface area contributed by atoms with Crippen LogP contribution in [0.15, 0.2) is 38.4 Å². The van der Waals surface area contributed by atoms with E-state index in [0.29, 0.717) is 59.9 Å². The van der Waals surface area contributed by atoms with Gasteiger partial charge in [-0.2, -0.15) is 4.98 Å². The Kier molecular flexibility index (Phi) is 7.02. The average molecular weight is 493 g/mol. The molecule has 1 aromatic carbocycles. The summed E-state index contributed by atoms with van der Waals surface area (Å²) in [5.74, 6) is 2.81. The van der Waals surface area contributed by atoms with E-state index in [1.54, 1.807) is 4.57 Å². The van der Waals surface area contributed by atoms with Crippen LogP contribution in [0.5, 0.6) is 5.75 Å². The van der Waals surface area contributed by atoms with Crippen molar-refractivity contribution in [2.75, 3.05) is 0 Å². The van der Waals surface area contributed by atoms with Crippen LogP contribution in [0.25, 0.3) is 22.6 Å². The predicted molar refractivity (Wildman–Crippen MR) is 135 cm³/mol. The van der Waals surface area contributed by atoms with Crippen LogP contribution >= 0.6 is 0 Å². The Labute approximate surface area is 208 Å². The second kappa shape index (κ2) is 10.5. The smallest absolute Gasteiger partial charge is 0.332 e. The zero-order valence-electron chi connectivity index (χ0n) is 20.8. The number of ether oxygens (including phenoxy) is 1. The van der Waals surface area contributed by atoms with E-state index in [1.165, 1.54) is 23.8 Å². The summed E-state index contributed by atoms with van der Waals surface area (Å²) in [4.78, 5) is 38.1. The van der Waals surface area contributed by atoms with E-state index in [2.05, 4.69) is 20.1 Å². The van der Waals surface area contributed by atoms with Crippen molar-refractivity contribution in [2.45, 2.75) is 84.4 Å². The van der Waals surface area contributed by atoms with Gasteiger partial charge in [0.15, 0.2) is 12.3 Å². The normalized spacial score (nSPS) is 14.5. The molecule has 10 heteroatoms. The summed E-state index contributed by atoms with van der Waals surface area (Å²) in [7, 11) is 0. The molecule has 3 aromatic heterocycles. The number of H-pyrrole nitrogens is 1. The van der Waals surface area contributed by atoms with E-state index in [-0.39, 0.29) is 17.9 Å². The van der Waals surface area contributed by atoms with E-state index in [0.717, 1.165) is 24.8 Å². The van der Waals surface area contributed by atoms with Crippen molar-refractivity contribution < 1.29 is 9.26 Å². The van der Waals surface area contributed by atoms with Crippen molar-refractivity contribution in [1.82, 2.24) is 29.2 Å². The van der Waals surface area contributed by atoms with Crippen molar-refractivity contribution in [3.05, 3.63) is 56.8 Å². The first kappa shape index (κ1) is 24.0. The highest BCUT2D eigenvalue weighted by Crippen LogP contribution is 2.31. The first-order chi connectivity index (χ1) is 17.6. The van der Waals surface area contributed by atoms with Crippen LogP contribution in [-0.2, 0) is 19.7 Å². The SMILES string of the molecule is CCCn1c(=O)c2[nH]c(-c3ccc(OCc4noc(C5CCCCC5)n4)cc3)nc2n(CCC)c1=O. The summed E-state index contributed by atoms with van der Waals surface area (Å²) in [5, 5.41) is 4.07. The molecule has 0 aliphatic heterocycles. The number of rotatable bonds is 9. The molecular formula is C26H32N6O4. The maximum Gasteiger partial charge on any atom is 0.332 e. The van der Waals surface area contributed by atoms with E-state index in [1.807, 2.05) is 38.1 Å². The van der Waals surface area contributed by atoms with Gasteiger partial charge in [-0.05, 0) is 49.9 Å². The summed E-state index contributed by atoms with van der Waals surface area (Å²) in [5.41, 5.74) is 0.870. The molecule has 4 aromatic rings. The fourth-order valence-electron chi connectivity index (χ4n) is 4.85. The largest absolute Gasteiger partial charge is 0.485 e. The topological polar surface area (TPSA) is 121 Å². The number of nitrogens with zero attached hydrogens (tertiary/aromatic N) is 5. The van der Waals surface area contributed by atoms with Gasteiger partial charge in [-0.3, -0.25) is 13.9 Å². The number of nitrogens with one attached hydrogen (secondary N) is 1. The molecule has 1 aliphatic rings. The maximum atomic E-state index is 13.0. The summed E-state index contributed by atoms with van der Waals surface area (Å²) in [6.07, 6.45) is 7.36. The minimum absolute atomic E-state index is 0.223. The molecule has 0 spiro atoms. The van der Waals surface area contributed by atoms with Crippen LogP contribution in [0.1, 0.15) is 76.4 Å². The van der Waals surface area contributed by atoms with Gasteiger partial charge in [-0.25, -0.2) is 9.78 Å². The van der Waals surface area contributed by atoms with E-state index in [9.17, 15) is 9.59 Å². The number of aryl methyl sites for hydroxylation is 1. The Bertz CT molecular complexity index is 1440. The lowest BCUT2D eigenvalue weighted by Gasteiger charge is -2.17. The molecule has 190 valence electrons. The van der Waals surface area contributed by atoms with Crippen molar-refractivity contribution in [1.29, 1.82) is 0 Å². The molecule has 0 saturated heterocycles. The average Bonchev–Trinajstić information content (AvgIpc) is 3.57. The lowest BCUT2D eigenvalue weighted by Crippen LogP contribution is -2.40. The first-order valence-corrected chi connectivity index (χ1v) is 12.9. The minimum atomic E-state index is -0.337. The Morgan fingerprint density at radius 3 is 2.44 bits per heavy atom. The number of fused-ring (bicyclic) bond motifs is 1. The molecule has 36 heavy (non-hydrogen) atoms. The molecule has 1 N–H and O–H groups in total. The van der Waals surface area contributed by atoms with Crippen LogP contribution < -0.4 is 16.0 Å². The molecule has 10 nitrogen and oxygen atoms in total. The molecule has 0 unspecified atom stereocenters. The summed E-state index contributed by atoms with van der Waals surface area (Å²) in [6, 6.07) is 7.39. The Hall–Kier alpha value is -3.69. The Morgan fingerprint density at radius 2 is 1.72 bits per heavy atom. The molecule has 0 bridgehead atoms. The third kappa shape index (κ3) is 4.72. The third-order valence-corrected chi connectivity index (χ3v) is 6.69. The minimum Gasteiger partial charge on any atom is -0.485 e. The maximum absolute atomic E-state index is 13.0. The number of benzene rings is 1. The Balaban J connectivity index is 1.34. The predicted octanol–water partition coefficient (Wildman–Crippen LogP) is 4.38. The van der Waals surface area contributed by atoms with Gasteiger partial charge in [-0.1, -0.05) is 38.3 Å². The van der Waals surface area contributed by atoms with Crippen LogP contribution in [0, 0.1) is 0 Å². The van der Waals surface area contributed by atoms with Gasteiger partial charge in [0.1, 0.15) is 17.1 Å². The van der Waals surface area contributed by atoms with Gasteiger partial charge in [0, 0.05) is 24.6 Å². The van der Waals surface area contributed by atoms with Gasteiger partial charge >= 0.3 is 5.69 Å². The van der Waals surface area contributed by atoms with Gasteiger partial charge in [-0.15, -0.1) is 0 Å². The molecule has 5 rings (SSSR count). The highest BCUT2D eigenvalue weighted by molar-refractivity contribution is 5.75. The third-order valence-electron chi connectivity index (χ3n) is 6.69. The highest BCUT2D eigenvalue weighted by atomic mass is 16.5. The Morgan fingerprint density at radius 1 is 1.00 bits per heavy atom. The zero-order valence-corrected chi connectivity index (χ0v) is 20.8. The summed E-state index contributed by atoms with van der Waals surface area (Å²) < 4.78 is 14.2. The molecule has 1 aliphatic carbocycles.